The zero-order valence-electron chi connectivity index (χ0n) is 11.2. The number of rotatable bonds is 6. The predicted molar refractivity (Wildman–Crippen MR) is 98.0 cm³/mol. The first-order valence-electron chi connectivity index (χ1n) is 6.37. The van der Waals surface area contributed by atoms with Crippen LogP contribution in [0.2, 0.25) is 0 Å². The van der Waals surface area contributed by atoms with Gasteiger partial charge in [0.05, 0.1) is 5.75 Å². The van der Waals surface area contributed by atoms with Crippen molar-refractivity contribution in [3.8, 4) is 0 Å². The van der Waals surface area contributed by atoms with E-state index in [1.54, 1.807) is 0 Å². The number of benzene rings is 2. The van der Waals surface area contributed by atoms with E-state index in [2.05, 4.69) is 43.2 Å². The van der Waals surface area contributed by atoms with Gasteiger partial charge in [0.25, 0.3) is 0 Å². The molecule has 6 heteroatoms. The van der Waals surface area contributed by atoms with Gasteiger partial charge in [-0.1, -0.05) is 81.0 Å². The minimum absolute atomic E-state index is 0.00156. The van der Waals surface area contributed by atoms with Crippen LogP contribution in [0.15, 0.2) is 59.1 Å². The summed E-state index contributed by atoms with van der Waals surface area (Å²) in [5.74, 6) is -0.00156. The molecule has 0 amide bonds. The van der Waals surface area contributed by atoms with E-state index in [0.29, 0.717) is 6.54 Å². The monoisotopic (exact) mass is 479 g/mol. The highest BCUT2D eigenvalue weighted by Gasteiger charge is 2.14. The Morgan fingerprint density at radius 3 is 2.29 bits per heavy atom. The third-order valence-electron chi connectivity index (χ3n) is 2.91. The van der Waals surface area contributed by atoms with Crippen LogP contribution in [0.25, 0.3) is 0 Å². The molecule has 1 atom stereocenters. The molecule has 1 N–H and O–H groups in total. The fourth-order valence-corrected chi connectivity index (χ4v) is 4.18. The average Bonchev–Trinajstić information content (AvgIpc) is 2.48. The number of hydrogen-bond acceptors (Lipinski definition) is 2. The first kappa shape index (κ1) is 16.9. The highest BCUT2D eigenvalue weighted by atomic mass is 127. The van der Waals surface area contributed by atoms with Gasteiger partial charge in [0, 0.05) is 14.9 Å². The molecule has 0 aromatic heterocycles. The molecular formula is C15H15BrINO2S. The average molecular weight is 480 g/mol. The lowest BCUT2D eigenvalue weighted by Crippen LogP contribution is -2.28. The molecule has 0 fully saturated rings. The molecule has 0 heterocycles. The van der Waals surface area contributed by atoms with Crippen LogP contribution in [-0.4, -0.2) is 15.0 Å². The van der Waals surface area contributed by atoms with E-state index >= 15 is 0 Å². The van der Waals surface area contributed by atoms with Crippen molar-refractivity contribution in [2.45, 2.75) is 9.68 Å². The van der Waals surface area contributed by atoms with Gasteiger partial charge >= 0.3 is 0 Å². The predicted octanol–water partition coefficient (Wildman–Crippen LogP) is 4.04. The first-order valence-corrected chi connectivity index (χ1v) is 10.1. The molecule has 0 saturated heterocycles. The van der Waals surface area contributed by atoms with Crippen molar-refractivity contribution < 1.29 is 8.42 Å². The number of alkyl halides is 1. The van der Waals surface area contributed by atoms with Gasteiger partial charge in [-0.15, -0.1) is 0 Å². The fourth-order valence-electron chi connectivity index (χ4n) is 1.83. The number of hydrogen-bond donors (Lipinski definition) is 1. The van der Waals surface area contributed by atoms with Gasteiger partial charge in [-0.25, -0.2) is 13.1 Å². The van der Waals surface area contributed by atoms with Crippen molar-refractivity contribution in [1.29, 1.82) is 0 Å². The summed E-state index contributed by atoms with van der Waals surface area (Å²) >= 11 is 5.58. The molecule has 0 spiro atoms. The summed E-state index contributed by atoms with van der Waals surface area (Å²) in [5, 5.41) is 0. The maximum Gasteiger partial charge on any atom is 0.215 e. The third-order valence-corrected chi connectivity index (χ3v) is 5.92. The summed E-state index contributed by atoms with van der Waals surface area (Å²) in [7, 11) is -3.32. The second-order valence-corrected chi connectivity index (χ2v) is 8.84. The summed E-state index contributed by atoms with van der Waals surface area (Å²) in [6, 6.07) is 17.2. The molecule has 0 aliphatic rings. The van der Waals surface area contributed by atoms with Crippen molar-refractivity contribution in [3.05, 3.63) is 70.2 Å². The van der Waals surface area contributed by atoms with E-state index in [1.165, 1.54) is 0 Å². The fraction of sp³-hybridized carbons (Fsp3) is 0.200. The molecule has 2 rings (SSSR count). The van der Waals surface area contributed by atoms with Crippen LogP contribution in [-0.2, 0) is 15.8 Å². The van der Waals surface area contributed by atoms with Gasteiger partial charge in [-0.3, -0.25) is 0 Å². The van der Waals surface area contributed by atoms with Crippen LogP contribution in [0.4, 0.5) is 0 Å². The molecule has 21 heavy (non-hydrogen) atoms. The van der Waals surface area contributed by atoms with Gasteiger partial charge in [-0.2, -0.15) is 0 Å². The number of halogens is 2. The van der Waals surface area contributed by atoms with E-state index in [9.17, 15) is 8.42 Å². The molecule has 2 aromatic rings. The van der Waals surface area contributed by atoms with Gasteiger partial charge < -0.3 is 0 Å². The van der Waals surface area contributed by atoms with Crippen LogP contribution in [0.1, 0.15) is 15.1 Å². The highest BCUT2D eigenvalue weighted by molar-refractivity contribution is 14.1. The van der Waals surface area contributed by atoms with Crippen LogP contribution >= 0.6 is 38.5 Å². The molecule has 2 aromatic carbocycles. The largest absolute Gasteiger partial charge is 0.215 e. The minimum Gasteiger partial charge on any atom is -0.214 e. The lowest BCUT2D eigenvalue weighted by atomic mass is 10.2. The second kappa shape index (κ2) is 7.71. The van der Waals surface area contributed by atoms with Gasteiger partial charge in [0.15, 0.2) is 0 Å². The molecule has 0 unspecified atom stereocenters. The zero-order valence-corrected chi connectivity index (χ0v) is 15.7. The van der Waals surface area contributed by atoms with Gasteiger partial charge in [0.1, 0.15) is 0 Å². The molecule has 112 valence electrons. The summed E-state index contributed by atoms with van der Waals surface area (Å²) in [4.78, 5) is 0. The number of sulfonamides is 1. The Hall–Kier alpha value is -0.440. The standard InChI is InChI=1S/C15H15BrINO2S/c16-14-8-6-12(7-9-14)11-21(19,20)18-10-15(17)13-4-2-1-3-5-13/h1-9,15,18H,10-11H2/t15-/m0/s1. The van der Waals surface area contributed by atoms with Crippen molar-refractivity contribution in [3.63, 3.8) is 0 Å². The summed E-state index contributed by atoms with van der Waals surface area (Å²) in [5.41, 5.74) is 1.89. The van der Waals surface area contributed by atoms with E-state index < -0.39 is 10.0 Å². The van der Waals surface area contributed by atoms with Crippen LogP contribution in [0, 0.1) is 0 Å². The van der Waals surface area contributed by atoms with Crippen molar-refractivity contribution in [2.75, 3.05) is 6.54 Å². The topological polar surface area (TPSA) is 46.2 Å². The second-order valence-electron chi connectivity index (χ2n) is 4.61. The lowest BCUT2D eigenvalue weighted by molar-refractivity contribution is 0.581. The Labute approximate surface area is 147 Å². The maximum absolute atomic E-state index is 12.1. The van der Waals surface area contributed by atoms with Crippen LogP contribution in [0.5, 0.6) is 0 Å². The summed E-state index contributed by atoms with van der Waals surface area (Å²) < 4.78 is 27.9. The van der Waals surface area contributed by atoms with Crippen molar-refractivity contribution >= 4 is 48.5 Å². The van der Waals surface area contributed by atoms with Crippen molar-refractivity contribution in [2.24, 2.45) is 0 Å². The maximum atomic E-state index is 12.1. The molecule has 0 saturated carbocycles. The Kier molecular flexibility index (Phi) is 6.21. The van der Waals surface area contributed by atoms with Crippen molar-refractivity contribution in [1.82, 2.24) is 4.72 Å². The lowest BCUT2D eigenvalue weighted by Gasteiger charge is -2.12. The molecule has 0 aliphatic carbocycles. The Morgan fingerprint density at radius 2 is 1.67 bits per heavy atom. The quantitative estimate of drug-likeness (QED) is 0.502. The zero-order chi connectivity index (χ0) is 15.3. The van der Waals surface area contributed by atoms with Crippen LogP contribution < -0.4 is 4.72 Å². The highest BCUT2D eigenvalue weighted by Crippen LogP contribution is 2.22. The molecule has 0 bridgehead atoms. The van der Waals surface area contributed by atoms with Gasteiger partial charge in [-0.05, 0) is 23.3 Å². The van der Waals surface area contributed by atoms with E-state index in [-0.39, 0.29) is 9.68 Å². The molecule has 0 radical (unpaired) electrons. The molecule has 0 aliphatic heterocycles. The smallest absolute Gasteiger partial charge is 0.214 e. The summed E-state index contributed by atoms with van der Waals surface area (Å²) in [6.07, 6.45) is 0. The summed E-state index contributed by atoms with van der Waals surface area (Å²) in [6.45, 7) is 0.392. The number of nitrogens with one attached hydrogen (secondary N) is 1. The van der Waals surface area contributed by atoms with E-state index in [4.69, 9.17) is 0 Å². The minimum atomic E-state index is -3.32. The normalized spacial score (nSPS) is 13.0. The Morgan fingerprint density at radius 1 is 1.05 bits per heavy atom. The molecule has 3 nitrogen and oxygen atoms in total. The van der Waals surface area contributed by atoms with Gasteiger partial charge in [0.2, 0.25) is 10.0 Å². The Balaban J connectivity index is 1.94. The van der Waals surface area contributed by atoms with Crippen LogP contribution in [0.3, 0.4) is 0 Å². The van der Waals surface area contributed by atoms with E-state index in [1.807, 2.05) is 54.6 Å². The SMILES string of the molecule is O=S(=O)(Cc1ccc(Br)cc1)NC[C@H](I)c1ccccc1. The first-order chi connectivity index (χ1) is 9.96. The molecular weight excluding hydrogens is 465 g/mol. The Bertz CT molecular complexity index is 675. The third kappa shape index (κ3) is 5.69. The van der Waals surface area contributed by atoms with E-state index in [0.717, 1.165) is 15.6 Å².